The Balaban J connectivity index is 1.97. The summed E-state index contributed by atoms with van der Waals surface area (Å²) in [5.41, 5.74) is 1.54. The predicted molar refractivity (Wildman–Crippen MR) is 89.5 cm³/mol. The molecule has 0 bridgehead atoms. The normalized spacial score (nSPS) is 10.8. The molecule has 0 saturated heterocycles. The minimum Gasteiger partial charge on any atom is -0.483 e. The second kappa shape index (κ2) is 7.14. The summed E-state index contributed by atoms with van der Waals surface area (Å²) in [5, 5.41) is 0. The molecule has 3 nitrogen and oxygen atoms in total. The lowest BCUT2D eigenvalue weighted by atomic mass is 10.1. The molecule has 0 N–H and O–H groups in total. The van der Waals surface area contributed by atoms with Crippen LogP contribution in [0, 0.1) is 24.4 Å². The number of methoxy groups -OCH3 is 1. The Morgan fingerprint density at radius 2 is 1.76 bits per heavy atom. The van der Waals surface area contributed by atoms with Crippen molar-refractivity contribution in [3.63, 3.8) is 0 Å². The van der Waals surface area contributed by atoms with E-state index in [-0.39, 0.29) is 12.5 Å². The summed E-state index contributed by atoms with van der Waals surface area (Å²) in [5.74, 6) is -2.30. The lowest BCUT2D eigenvalue weighted by molar-refractivity contribution is 0.268. The monoisotopic (exact) mass is 365 g/mol. The summed E-state index contributed by atoms with van der Waals surface area (Å²) in [4.78, 5) is 0.492. The van der Waals surface area contributed by atoms with E-state index in [1.807, 2.05) is 0 Å². The number of aryl methyl sites for hydroxylation is 1. The van der Waals surface area contributed by atoms with Crippen molar-refractivity contribution < 1.29 is 22.6 Å². The van der Waals surface area contributed by atoms with E-state index < -0.39 is 23.2 Å². The molecule has 1 aromatic heterocycles. The van der Waals surface area contributed by atoms with E-state index in [4.69, 9.17) is 9.47 Å². The summed E-state index contributed by atoms with van der Waals surface area (Å²) >= 11 is 1.03. The Morgan fingerprint density at radius 1 is 1.04 bits per heavy atom. The molecule has 0 radical (unpaired) electrons. The fraction of sp³-hybridized carbons (Fsp3) is 0.167. The van der Waals surface area contributed by atoms with E-state index in [0.717, 1.165) is 29.2 Å². The van der Waals surface area contributed by atoms with Crippen molar-refractivity contribution in [3.8, 4) is 22.1 Å². The number of benzene rings is 2. The van der Waals surface area contributed by atoms with Crippen LogP contribution in [-0.4, -0.2) is 11.5 Å². The highest BCUT2D eigenvalue weighted by atomic mass is 32.1. The van der Waals surface area contributed by atoms with Crippen molar-refractivity contribution in [3.05, 3.63) is 65.0 Å². The van der Waals surface area contributed by atoms with Crippen LogP contribution in [0.25, 0.3) is 10.4 Å². The van der Waals surface area contributed by atoms with Gasteiger partial charge in [-0.3, -0.25) is 0 Å². The number of rotatable bonds is 5. The minimum atomic E-state index is -0.815. The third kappa shape index (κ3) is 3.46. The highest BCUT2D eigenvalue weighted by Gasteiger charge is 2.20. The van der Waals surface area contributed by atoms with Crippen LogP contribution in [0.3, 0.4) is 0 Å². The third-order valence-corrected chi connectivity index (χ3v) is 4.50. The number of hydrogen-bond donors (Lipinski definition) is 0. The van der Waals surface area contributed by atoms with Crippen LogP contribution in [0.5, 0.6) is 11.6 Å². The first-order valence-electron chi connectivity index (χ1n) is 7.37. The fourth-order valence-corrected chi connectivity index (χ4v) is 3.24. The molecule has 3 aromatic rings. The molecular weight excluding hydrogens is 351 g/mol. The van der Waals surface area contributed by atoms with Gasteiger partial charge in [-0.05, 0) is 42.2 Å². The average Bonchev–Trinajstić information content (AvgIpc) is 2.97. The van der Waals surface area contributed by atoms with E-state index in [9.17, 15) is 13.2 Å². The molecule has 130 valence electrons. The van der Waals surface area contributed by atoms with Gasteiger partial charge >= 0.3 is 0 Å². The number of hydrogen-bond acceptors (Lipinski definition) is 4. The molecule has 0 unspecified atom stereocenters. The van der Waals surface area contributed by atoms with Gasteiger partial charge in [0.1, 0.15) is 12.4 Å². The zero-order valence-corrected chi connectivity index (χ0v) is 14.3. The zero-order chi connectivity index (χ0) is 18.0. The van der Waals surface area contributed by atoms with Gasteiger partial charge in [-0.25, -0.2) is 13.2 Å². The maximum Gasteiger partial charge on any atom is 0.232 e. The van der Waals surface area contributed by atoms with Gasteiger partial charge in [0.25, 0.3) is 0 Å². The number of ether oxygens (including phenoxy) is 2. The van der Waals surface area contributed by atoms with E-state index in [1.54, 1.807) is 19.1 Å². The van der Waals surface area contributed by atoms with E-state index in [2.05, 4.69) is 4.37 Å². The first-order chi connectivity index (χ1) is 12.0. The van der Waals surface area contributed by atoms with Crippen LogP contribution in [0.1, 0.15) is 11.1 Å². The summed E-state index contributed by atoms with van der Waals surface area (Å²) < 4.78 is 56.3. The maximum atomic E-state index is 14.3. The Bertz CT molecular complexity index is 891. The summed E-state index contributed by atoms with van der Waals surface area (Å²) in [7, 11) is 1.41. The van der Waals surface area contributed by atoms with Gasteiger partial charge in [-0.2, -0.15) is 4.37 Å². The Hall–Kier alpha value is -2.54. The van der Waals surface area contributed by atoms with Gasteiger partial charge in [0.2, 0.25) is 5.88 Å². The zero-order valence-electron chi connectivity index (χ0n) is 13.5. The SMILES string of the molecule is COc1nsc(-c2ccc(C)cc2F)c1COc1c(F)cccc1F. The fourth-order valence-electron chi connectivity index (χ4n) is 2.36. The quantitative estimate of drug-likeness (QED) is 0.629. The highest BCUT2D eigenvalue weighted by Crippen LogP contribution is 2.37. The van der Waals surface area contributed by atoms with E-state index in [1.165, 1.54) is 19.2 Å². The van der Waals surface area contributed by atoms with Crippen molar-refractivity contribution in [2.45, 2.75) is 13.5 Å². The van der Waals surface area contributed by atoms with Gasteiger partial charge < -0.3 is 9.47 Å². The topological polar surface area (TPSA) is 31.4 Å². The largest absolute Gasteiger partial charge is 0.483 e. The molecule has 0 aliphatic heterocycles. The van der Waals surface area contributed by atoms with Crippen molar-refractivity contribution in [2.75, 3.05) is 7.11 Å². The molecule has 1 heterocycles. The van der Waals surface area contributed by atoms with Gasteiger partial charge in [0.15, 0.2) is 17.4 Å². The van der Waals surface area contributed by atoms with E-state index >= 15 is 0 Å². The number of halogens is 3. The molecule has 2 aromatic carbocycles. The van der Waals surface area contributed by atoms with Gasteiger partial charge in [0, 0.05) is 5.56 Å². The first-order valence-corrected chi connectivity index (χ1v) is 8.14. The van der Waals surface area contributed by atoms with Crippen molar-refractivity contribution in [1.29, 1.82) is 0 Å². The predicted octanol–water partition coefficient (Wildman–Crippen LogP) is 5.12. The molecule has 0 amide bonds. The van der Waals surface area contributed by atoms with Crippen LogP contribution < -0.4 is 9.47 Å². The van der Waals surface area contributed by atoms with Crippen molar-refractivity contribution in [2.24, 2.45) is 0 Å². The molecule has 3 rings (SSSR count). The third-order valence-electron chi connectivity index (χ3n) is 3.59. The average molecular weight is 365 g/mol. The van der Waals surface area contributed by atoms with Crippen LogP contribution in [-0.2, 0) is 6.61 Å². The van der Waals surface area contributed by atoms with Crippen molar-refractivity contribution in [1.82, 2.24) is 4.37 Å². The van der Waals surface area contributed by atoms with Crippen LogP contribution in [0.2, 0.25) is 0 Å². The van der Waals surface area contributed by atoms with Gasteiger partial charge in [-0.15, -0.1) is 0 Å². The summed E-state index contributed by atoms with van der Waals surface area (Å²) in [6, 6.07) is 8.25. The minimum absolute atomic E-state index is 0.208. The number of aromatic nitrogens is 1. The second-order valence-corrected chi connectivity index (χ2v) is 6.10. The molecule has 0 aliphatic carbocycles. The van der Waals surface area contributed by atoms with Gasteiger partial charge in [-0.1, -0.05) is 18.2 Å². The molecular formula is C18H14F3NO2S. The molecule has 0 atom stereocenters. The molecule has 7 heteroatoms. The van der Waals surface area contributed by atoms with Gasteiger partial charge in [0.05, 0.1) is 17.6 Å². The Kier molecular flexibility index (Phi) is 4.94. The molecule has 0 saturated carbocycles. The lowest BCUT2D eigenvalue weighted by Gasteiger charge is -2.10. The van der Waals surface area contributed by atoms with Crippen molar-refractivity contribution >= 4 is 11.5 Å². The lowest BCUT2D eigenvalue weighted by Crippen LogP contribution is -2.02. The Morgan fingerprint density at radius 3 is 2.40 bits per heavy atom. The molecule has 0 spiro atoms. The first kappa shape index (κ1) is 17.3. The molecule has 25 heavy (non-hydrogen) atoms. The summed E-state index contributed by atoms with van der Waals surface area (Å²) in [6.45, 7) is 1.57. The smallest absolute Gasteiger partial charge is 0.232 e. The Labute approximate surface area is 146 Å². The van der Waals surface area contributed by atoms with Crippen LogP contribution >= 0.6 is 11.5 Å². The summed E-state index contributed by atoms with van der Waals surface area (Å²) in [6.07, 6.45) is 0. The highest BCUT2D eigenvalue weighted by molar-refractivity contribution is 7.10. The van der Waals surface area contributed by atoms with Crippen LogP contribution in [0.4, 0.5) is 13.2 Å². The maximum absolute atomic E-state index is 14.3. The standard InChI is InChI=1S/C18H14F3NO2S/c1-10-6-7-11(15(21)8-10)17-12(18(23-2)22-25-17)9-24-16-13(19)4-3-5-14(16)20/h3-8H,9H2,1-2H3. The molecule has 0 aliphatic rings. The number of nitrogens with zero attached hydrogens (tertiary/aromatic N) is 1. The number of para-hydroxylation sites is 1. The van der Waals surface area contributed by atoms with E-state index in [0.29, 0.717) is 16.0 Å². The van der Waals surface area contributed by atoms with Crippen LogP contribution in [0.15, 0.2) is 36.4 Å². The second-order valence-electron chi connectivity index (χ2n) is 5.32. The molecule has 0 fully saturated rings.